The molecule has 3 N–H and O–H groups in total. The Hall–Kier alpha value is -3.03. The number of phenols is 1. The first-order valence-electron chi connectivity index (χ1n) is 5.88. The van der Waals surface area contributed by atoms with E-state index in [-0.39, 0.29) is 23.7 Å². The molecular weight excluding hydrogens is 280 g/mol. The van der Waals surface area contributed by atoms with Crippen LogP contribution in [0.5, 0.6) is 11.6 Å². The van der Waals surface area contributed by atoms with Crippen molar-refractivity contribution in [1.29, 1.82) is 0 Å². The van der Waals surface area contributed by atoms with E-state index >= 15 is 0 Å². The number of anilines is 1. The number of carboxylic acids is 1. The summed E-state index contributed by atoms with van der Waals surface area (Å²) in [7, 11) is 0. The van der Waals surface area contributed by atoms with E-state index < -0.39 is 17.6 Å². The Labute approximate surface area is 118 Å². The minimum atomic E-state index is -1.25. The van der Waals surface area contributed by atoms with E-state index in [0.29, 0.717) is 5.76 Å². The lowest BCUT2D eigenvalue weighted by atomic mass is 10.2. The van der Waals surface area contributed by atoms with E-state index in [1.807, 2.05) is 0 Å². The van der Waals surface area contributed by atoms with Crippen molar-refractivity contribution in [1.82, 2.24) is 5.16 Å². The van der Waals surface area contributed by atoms with Crippen molar-refractivity contribution in [3.8, 4) is 11.6 Å². The van der Waals surface area contributed by atoms with Crippen LogP contribution < -0.4 is 10.1 Å². The normalized spacial score (nSPS) is 10.1. The molecule has 0 spiro atoms. The van der Waals surface area contributed by atoms with E-state index in [1.165, 1.54) is 18.2 Å². The molecule has 0 fully saturated rings. The van der Waals surface area contributed by atoms with Crippen LogP contribution in [0.2, 0.25) is 0 Å². The fourth-order valence-electron chi connectivity index (χ4n) is 1.54. The average molecular weight is 292 g/mol. The number of nitrogens with one attached hydrogen (secondary N) is 1. The predicted molar refractivity (Wildman–Crippen MR) is 70.4 cm³/mol. The molecule has 0 unspecified atom stereocenters. The molecule has 0 aliphatic rings. The smallest absolute Gasteiger partial charge is 0.339 e. The van der Waals surface area contributed by atoms with Gasteiger partial charge in [0.05, 0.1) is 0 Å². The SMILES string of the molecule is Cc1cc(OCC(=O)Nc2ccc(C(=O)O)c(O)c2)no1. The van der Waals surface area contributed by atoms with Crippen molar-refractivity contribution in [2.45, 2.75) is 6.92 Å². The van der Waals surface area contributed by atoms with Crippen LogP contribution in [0.25, 0.3) is 0 Å². The van der Waals surface area contributed by atoms with Gasteiger partial charge in [-0.15, -0.1) is 0 Å². The molecule has 0 saturated heterocycles. The lowest BCUT2D eigenvalue weighted by molar-refractivity contribution is -0.118. The third kappa shape index (κ3) is 3.72. The molecule has 1 heterocycles. The topological polar surface area (TPSA) is 122 Å². The van der Waals surface area contributed by atoms with Crippen LogP contribution in [0.4, 0.5) is 5.69 Å². The van der Waals surface area contributed by atoms with Crippen molar-refractivity contribution in [3.05, 3.63) is 35.6 Å². The van der Waals surface area contributed by atoms with E-state index in [2.05, 4.69) is 10.5 Å². The predicted octanol–water partition coefficient (Wildman–Crippen LogP) is 1.40. The summed E-state index contributed by atoms with van der Waals surface area (Å²) in [5.74, 6) is -1.44. The second-order valence-electron chi connectivity index (χ2n) is 4.15. The average Bonchev–Trinajstić information content (AvgIpc) is 2.82. The number of aryl methyl sites for hydroxylation is 1. The maximum atomic E-state index is 11.6. The number of rotatable bonds is 5. The molecule has 0 atom stereocenters. The van der Waals surface area contributed by atoms with E-state index in [0.717, 1.165) is 6.07 Å². The Morgan fingerprint density at radius 3 is 2.71 bits per heavy atom. The molecule has 21 heavy (non-hydrogen) atoms. The van der Waals surface area contributed by atoms with Crippen LogP contribution in [-0.4, -0.2) is 33.9 Å². The van der Waals surface area contributed by atoms with Gasteiger partial charge in [-0.25, -0.2) is 4.79 Å². The molecule has 1 amide bonds. The van der Waals surface area contributed by atoms with Crippen LogP contribution in [-0.2, 0) is 4.79 Å². The van der Waals surface area contributed by atoms with Gasteiger partial charge in [0.25, 0.3) is 11.8 Å². The lowest BCUT2D eigenvalue weighted by Gasteiger charge is -2.07. The summed E-state index contributed by atoms with van der Waals surface area (Å²) >= 11 is 0. The van der Waals surface area contributed by atoms with Crippen LogP contribution in [0, 0.1) is 6.92 Å². The highest BCUT2D eigenvalue weighted by molar-refractivity contribution is 5.95. The van der Waals surface area contributed by atoms with Gasteiger partial charge in [-0.05, 0) is 24.2 Å². The number of nitrogens with zero attached hydrogens (tertiary/aromatic N) is 1. The third-order valence-electron chi connectivity index (χ3n) is 2.47. The van der Waals surface area contributed by atoms with E-state index in [4.69, 9.17) is 14.4 Å². The first-order chi connectivity index (χ1) is 9.95. The molecule has 0 radical (unpaired) electrons. The maximum absolute atomic E-state index is 11.6. The van der Waals surface area contributed by atoms with Crippen LogP contribution >= 0.6 is 0 Å². The van der Waals surface area contributed by atoms with Gasteiger partial charge in [-0.2, -0.15) is 0 Å². The number of aromatic nitrogens is 1. The summed E-state index contributed by atoms with van der Waals surface area (Å²) in [5.41, 5.74) is 0.00440. The van der Waals surface area contributed by atoms with Gasteiger partial charge >= 0.3 is 5.97 Å². The minimum absolute atomic E-state index is 0.187. The van der Waals surface area contributed by atoms with Crippen LogP contribution in [0.1, 0.15) is 16.1 Å². The summed E-state index contributed by atoms with van der Waals surface area (Å²) in [5, 5.41) is 24.3. The third-order valence-corrected chi connectivity index (χ3v) is 2.47. The van der Waals surface area contributed by atoms with Crippen molar-refractivity contribution >= 4 is 17.6 Å². The van der Waals surface area contributed by atoms with E-state index in [9.17, 15) is 14.7 Å². The number of ether oxygens (including phenoxy) is 1. The molecule has 1 aromatic heterocycles. The quantitative estimate of drug-likeness (QED) is 0.761. The summed E-state index contributed by atoms with van der Waals surface area (Å²) in [6, 6.07) is 5.22. The number of aromatic hydroxyl groups is 1. The molecule has 0 aliphatic carbocycles. The van der Waals surface area contributed by atoms with Crippen LogP contribution in [0.15, 0.2) is 28.8 Å². The summed E-state index contributed by atoms with van der Waals surface area (Å²) < 4.78 is 9.85. The second-order valence-corrected chi connectivity index (χ2v) is 4.15. The number of aromatic carboxylic acids is 1. The summed E-state index contributed by atoms with van der Waals surface area (Å²) in [6.07, 6.45) is 0. The van der Waals surface area contributed by atoms with Crippen LogP contribution in [0.3, 0.4) is 0 Å². The Morgan fingerprint density at radius 2 is 2.14 bits per heavy atom. The number of carboxylic acid groups (broad SMARTS) is 1. The zero-order valence-corrected chi connectivity index (χ0v) is 11.0. The molecule has 0 aliphatic heterocycles. The number of benzene rings is 1. The molecule has 2 aromatic rings. The van der Waals surface area contributed by atoms with Gasteiger partial charge in [0.2, 0.25) is 0 Å². The first-order valence-corrected chi connectivity index (χ1v) is 5.88. The maximum Gasteiger partial charge on any atom is 0.339 e. The van der Waals surface area contributed by atoms with Gasteiger partial charge in [0.15, 0.2) is 6.61 Å². The number of carbonyl (C=O) groups is 2. The molecule has 1 aromatic carbocycles. The Kier molecular flexibility index (Phi) is 4.07. The molecule has 110 valence electrons. The molecule has 8 nitrogen and oxygen atoms in total. The lowest BCUT2D eigenvalue weighted by Crippen LogP contribution is -2.20. The molecule has 8 heteroatoms. The molecule has 2 rings (SSSR count). The summed E-state index contributed by atoms with van der Waals surface area (Å²) in [4.78, 5) is 22.4. The number of hydrogen-bond acceptors (Lipinski definition) is 6. The zero-order chi connectivity index (χ0) is 15.4. The van der Waals surface area contributed by atoms with Gasteiger partial charge < -0.3 is 24.8 Å². The fourth-order valence-corrected chi connectivity index (χ4v) is 1.54. The largest absolute Gasteiger partial charge is 0.507 e. The Morgan fingerprint density at radius 1 is 1.38 bits per heavy atom. The molecule has 0 bridgehead atoms. The Balaban J connectivity index is 1.93. The zero-order valence-electron chi connectivity index (χ0n) is 11.0. The highest BCUT2D eigenvalue weighted by Crippen LogP contribution is 2.21. The van der Waals surface area contributed by atoms with Crippen molar-refractivity contribution in [2.24, 2.45) is 0 Å². The van der Waals surface area contributed by atoms with Crippen molar-refractivity contribution in [2.75, 3.05) is 11.9 Å². The van der Waals surface area contributed by atoms with Crippen molar-refractivity contribution < 1.29 is 29.1 Å². The number of hydrogen-bond donors (Lipinski definition) is 3. The van der Waals surface area contributed by atoms with E-state index in [1.54, 1.807) is 6.92 Å². The monoisotopic (exact) mass is 292 g/mol. The molecule has 0 saturated carbocycles. The first kappa shape index (κ1) is 14.4. The second kappa shape index (κ2) is 5.95. The minimum Gasteiger partial charge on any atom is -0.507 e. The number of amides is 1. The fraction of sp³-hybridized carbons (Fsp3) is 0.154. The highest BCUT2D eigenvalue weighted by atomic mass is 16.5. The Bertz CT molecular complexity index is 679. The number of carbonyl (C=O) groups excluding carboxylic acids is 1. The highest BCUT2D eigenvalue weighted by Gasteiger charge is 2.11. The van der Waals surface area contributed by atoms with Gasteiger partial charge in [0.1, 0.15) is 17.1 Å². The standard InChI is InChI=1S/C13H12N2O6/c1-7-4-12(15-21-7)20-6-11(17)14-8-2-3-9(13(18)19)10(16)5-8/h2-5,16H,6H2,1H3,(H,14,17)(H,18,19). The van der Waals surface area contributed by atoms with Gasteiger partial charge in [-0.3, -0.25) is 4.79 Å². The summed E-state index contributed by atoms with van der Waals surface area (Å²) in [6.45, 7) is 1.39. The van der Waals surface area contributed by atoms with Crippen molar-refractivity contribution in [3.63, 3.8) is 0 Å². The molecular formula is C13H12N2O6. The van der Waals surface area contributed by atoms with Gasteiger partial charge in [-0.1, -0.05) is 0 Å². The van der Waals surface area contributed by atoms with Gasteiger partial charge in [0, 0.05) is 17.8 Å².